The van der Waals surface area contributed by atoms with Gasteiger partial charge in [0, 0.05) is 70.3 Å². The molecular formula is C28H34N4O4S. The summed E-state index contributed by atoms with van der Waals surface area (Å²) < 4.78 is 40.6. The molecule has 0 bridgehead atoms. The summed E-state index contributed by atoms with van der Waals surface area (Å²) in [6.07, 6.45) is 0. The van der Waals surface area contributed by atoms with Gasteiger partial charge in [0.15, 0.2) is 11.5 Å². The van der Waals surface area contributed by atoms with E-state index in [4.69, 9.17) is 9.47 Å². The van der Waals surface area contributed by atoms with Gasteiger partial charge < -0.3 is 19.3 Å². The lowest BCUT2D eigenvalue weighted by molar-refractivity contribution is 0.171. The average molecular weight is 523 g/mol. The monoisotopic (exact) mass is 522 g/mol. The Morgan fingerprint density at radius 2 is 1.54 bits per heavy atom. The van der Waals surface area contributed by atoms with Gasteiger partial charge in [0.05, 0.1) is 4.90 Å². The van der Waals surface area contributed by atoms with Crippen molar-refractivity contribution in [1.29, 1.82) is 0 Å². The number of anilines is 2. The Bertz CT molecular complexity index is 1290. The van der Waals surface area contributed by atoms with Gasteiger partial charge in [-0.1, -0.05) is 30.3 Å². The van der Waals surface area contributed by atoms with E-state index < -0.39 is 10.0 Å². The summed E-state index contributed by atoms with van der Waals surface area (Å²) in [6, 6.07) is 23.4. The number of fused-ring (bicyclic) bond motifs is 1. The van der Waals surface area contributed by atoms with Crippen LogP contribution in [0.3, 0.4) is 0 Å². The molecule has 1 N–H and O–H groups in total. The van der Waals surface area contributed by atoms with Gasteiger partial charge in [-0.05, 0) is 42.0 Å². The van der Waals surface area contributed by atoms with Crippen molar-refractivity contribution in [3.8, 4) is 11.5 Å². The second-order valence-electron chi connectivity index (χ2n) is 9.52. The first-order valence-corrected chi connectivity index (χ1v) is 14.1. The molecule has 0 radical (unpaired) electrons. The van der Waals surface area contributed by atoms with Crippen LogP contribution in [0.1, 0.15) is 11.6 Å². The number of benzene rings is 3. The molecule has 1 saturated heterocycles. The van der Waals surface area contributed by atoms with Crippen LogP contribution in [0.15, 0.2) is 77.7 Å². The van der Waals surface area contributed by atoms with Crippen molar-refractivity contribution in [1.82, 2.24) is 9.62 Å². The van der Waals surface area contributed by atoms with Crippen LogP contribution in [-0.4, -0.2) is 73.4 Å². The highest BCUT2D eigenvalue weighted by Crippen LogP contribution is 2.32. The molecule has 5 rings (SSSR count). The molecular weight excluding hydrogens is 488 g/mol. The molecule has 37 heavy (non-hydrogen) atoms. The lowest BCUT2D eigenvalue weighted by Crippen LogP contribution is -2.49. The summed E-state index contributed by atoms with van der Waals surface area (Å²) in [4.78, 5) is 6.98. The second-order valence-corrected chi connectivity index (χ2v) is 11.3. The average Bonchev–Trinajstić information content (AvgIpc) is 2.94. The summed E-state index contributed by atoms with van der Waals surface area (Å²) in [5.74, 6) is 1.03. The predicted octanol–water partition coefficient (Wildman–Crippen LogP) is 3.37. The molecule has 0 aromatic heterocycles. The van der Waals surface area contributed by atoms with Crippen LogP contribution in [-0.2, 0) is 10.0 Å². The third-order valence-electron chi connectivity index (χ3n) is 6.96. The van der Waals surface area contributed by atoms with Gasteiger partial charge in [0.2, 0.25) is 10.0 Å². The number of hydrogen-bond acceptors (Lipinski definition) is 7. The Morgan fingerprint density at radius 3 is 2.22 bits per heavy atom. The molecule has 1 atom stereocenters. The standard InChI is InChI=1S/C28H34N4O4S/c1-30(2)23-10-8-22(9-11-23)26(32-16-14-31(15-17-32)24-6-4-3-5-7-24)21-29-37(33,34)25-12-13-27-28(20-25)36-19-18-35-27/h3-13,20,26,29H,14-19,21H2,1-2H3. The van der Waals surface area contributed by atoms with Crippen LogP contribution in [0.5, 0.6) is 11.5 Å². The molecule has 3 aromatic carbocycles. The molecule has 1 unspecified atom stereocenters. The highest BCUT2D eigenvalue weighted by Gasteiger charge is 2.28. The van der Waals surface area contributed by atoms with Gasteiger partial charge in [-0.3, -0.25) is 4.90 Å². The number of piperazine rings is 1. The number of hydrogen-bond donors (Lipinski definition) is 1. The minimum atomic E-state index is -3.74. The second kappa shape index (κ2) is 11.0. The Balaban J connectivity index is 1.34. The quantitative estimate of drug-likeness (QED) is 0.486. The van der Waals surface area contributed by atoms with E-state index in [1.165, 1.54) is 11.8 Å². The zero-order valence-electron chi connectivity index (χ0n) is 21.3. The molecule has 2 aliphatic rings. The van der Waals surface area contributed by atoms with Crippen LogP contribution in [0.4, 0.5) is 11.4 Å². The Hall–Kier alpha value is -3.27. The predicted molar refractivity (Wildman–Crippen MR) is 146 cm³/mol. The molecule has 0 aliphatic carbocycles. The van der Waals surface area contributed by atoms with Crippen molar-refractivity contribution >= 4 is 21.4 Å². The highest BCUT2D eigenvalue weighted by atomic mass is 32.2. The fourth-order valence-electron chi connectivity index (χ4n) is 4.85. The van der Waals surface area contributed by atoms with Crippen molar-refractivity contribution in [3.63, 3.8) is 0 Å². The number of ether oxygens (including phenoxy) is 2. The van der Waals surface area contributed by atoms with Gasteiger partial charge in [-0.25, -0.2) is 13.1 Å². The third-order valence-corrected chi connectivity index (χ3v) is 8.38. The maximum atomic E-state index is 13.3. The third kappa shape index (κ3) is 5.84. The number of sulfonamides is 1. The minimum absolute atomic E-state index is 0.0962. The summed E-state index contributed by atoms with van der Waals surface area (Å²) >= 11 is 0. The van der Waals surface area contributed by atoms with Crippen molar-refractivity contribution < 1.29 is 17.9 Å². The van der Waals surface area contributed by atoms with Gasteiger partial charge >= 0.3 is 0 Å². The van der Waals surface area contributed by atoms with E-state index in [1.807, 2.05) is 20.2 Å². The summed E-state index contributed by atoms with van der Waals surface area (Å²) in [6.45, 7) is 4.56. The molecule has 0 saturated carbocycles. The first-order chi connectivity index (χ1) is 17.9. The van der Waals surface area contributed by atoms with Gasteiger partial charge in [-0.2, -0.15) is 0 Å². The van der Waals surface area contributed by atoms with Crippen LogP contribution in [0.25, 0.3) is 0 Å². The minimum Gasteiger partial charge on any atom is -0.486 e. The van der Waals surface area contributed by atoms with E-state index in [1.54, 1.807) is 12.1 Å². The molecule has 0 amide bonds. The number of rotatable bonds is 8. The molecule has 2 aliphatic heterocycles. The van der Waals surface area contributed by atoms with Gasteiger partial charge in [-0.15, -0.1) is 0 Å². The van der Waals surface area contributed by atoms with Gasteiger partial charge in [0.1, 0.15) is 13.2 Å². The van der Waals surface area contributed by atoms with Gasteiger partial charge in [0.25, 0.3) is 0 Å². The van der Waals surface area contributed by atoms with E-state index >= 15 is 0 Å². The topological polar surface area (TPSA) is 74.3 Å². The highest BCUT2D eigenvalue weighted by molar-refractivity contribution is 7.89. The van der Waals surface area contributed by atoms with E-state index in [9.17, 15) is 8.42 Å². The molecule has 9 heteroatoms. The maximum Gasteiger partial charge on any atom is 0.240 e. The molecule has 196 valence electrons. The van der Waals surface area contributed by atoms with E-state index in [0.29, 0.717) is 24.7 Å². The van der Waals surface area contributed by atoms with E-state index in [2.05, 4.69) is 68.0 Å². The summed E-state index contributed by atoms with van der Waals surface area (Å²) in [5.41, 5.74) is 3.41. The first-order valence-electron chi connectivity index (χ1n) is 12.6. The fraction of sp³-hybridized carbons (Fsp3) is 0.357. The number of nitrogens with one attached hydrogen (secondary N) is 1. The van der Waals surface area contributed by atoms with E-state index in [0.717, 1.165) is 37.4 Å². The summed E-state index contributed by atoms with van der Waals surface area (Å²) in [5, 5.41) is 0. The summed E-state index contributed by atoms with van der Waals surface area (Å²) in [7, 11) is 0.280. The van der Waals surface area contributed by atoms with Crippen LogP contribution in [0.2, 0.25) is 0 Å². The molecule has 3 aromatic rings. The number of para-hydroxylation sites is 1. The zero-order chi connectivity index (χ0) is 25.8. The van der Waals surface area contributed by atoms with Crippen LogP contribution < -0.4 is 24.0 Å². The first kappa shape index (κ1) is 25.4. The number of nitrogens with zero attached hydrogens (tertiary/aromatic N) is 3. The fourth-order valence-corrected chi connectivity index (χ4v) is 5.90. The SMILES string of the molecule is CN(C)c1ccc(C(CNS(=O)(=O)c2ccc3c(c2)OCCO3)N2CCN(c3ccccc3)CC2)cc1. The van der Waals surface area contributed by atoms with Crippen molar-refractivity contribution in [2.24, 2.45) is 0 Å². The van der Waals surface area contributed by atoms with Crippen molar-refractivity contribution in [3.05, 3.63) is 78.4 Å². The Labute approximate surface area is 219 Å². The smallest absolute Gasteiger partial charge is 0.240 e. The molecule has 2 heterocycles. The Kier molecular flexibility index (Phi) is 7.55. The van der Waals surface area contributed by atoms with Crippen molar-refractivity contribution in [2.45, 2.75) is 10.9 Å². The lowest BCUT2D eigenvalue weighted by atomic mass is 10.0. The van der Waals surface area contributed by atoms with E-state index in [-0.39, 0.29) is 17.5 Å². The normalized spacial score (nSPS) is 16.9. The lowest BCUT2D eigenvalue weighted by Gasteiger charge is -2.40. The van der Waals surface area contributed by atoms with Crippen LogP contribution in [0, 0.1) is 0 Å². The zero-order valence-corrected chi connectivity index (χ0v) is 22.2. The molecule has 1 fully saturated rings. The van der Waals surface area contributed by atoms with Crippen LogP contribution >= 0.6 is 0 Å². The Morgan fingerprint density at radius 1 is 0.865 bits per heavy atom. The molecule has 8 nitrogen and oxygen atoms in total. The van der Waals surface area contributed by atoms with Crippen molar-refractivity contribution in [2.75, 3.05) is 69.8 Å². The largest absolute Gasteiger partial charge is 0.486 e. The molecule has 0 spiro atoms. The maximum absolute atomic E-state index is 13.3.